The SMILES string of the molecule is CCNC(=NCc1cccc(C(=O)OCc2ccccc2)c1)NCCCN1CCCC1=O.I. The Hall–Kier alpha value is -2.62. The number of guanidine groups is 1. The maximum absolute atomic E-state index is 12.4. The minimum Gasteiger partial charge on any atom is -0.457 e. The number of rotatable bonds is 10. The van der Waals surface area contributed by atoms with E-state index in [1.165, 1.54) is 0 Å². The van der Waals surface area contributed by atoms with Gasteiger partial charge in [-0.1, -0.05) is 42.5 Å². The molecule has 3 rings (SSSR count). The molecule has 1 amide bonds. The smallest absolute Gasteiger partial charge is 0.338 e. The normalized spacial score (nSPS) is 13.4. The monoisotopic (exact) mass is 564 g/mol. The largest absolute Gasteiger partial charge is 0.457 e. The van der Waals surface area contributed by atoms with Crippen LogP contribution in [0.15, 0.2) is 59.6 Å². The first kappa shape index (κ1) is 26.6. The molecule has 0 radical (unpaired) electrons. The first-order chi connectivity index (χ1) is 15.7. The van der Waals surface area contributed by atoms with Gasteiger partial charge < -0.3 is 20.3 Å². The van der Waals surface area contributed by atoms with Crippen molar-refractivity contribution in [1.29, 1.82) is 0 Å². The fourth-order valence-corrected chi connectivity index (χ4v) is 3.53. The molecule has 2 N–H and O–H groups in total. The first-order valence-corrected chi connectivity index (χ1v) is 11.3. The molecule has 8 heteroatoms. The highest BCUT2D eigenvalue weighted by Crippen LogP contribution is 2.11. The Balaban J connectivity index is 0.00000385. The lowest BCUT2D eigenvalue weighted by Gasteiger charge is -2.16. The lowest BCUT2D eigenvalue weighted by molar-refractivity contribution is -0.127. The van der Waals surface area contributed by atoms with E-state index in [1.54, 1.807) is 6.07 Å². The summed E-state index contributed by atoms with van der Waals surface area (Å²) in [5.41, 5.74) is 2.40. The molecule has 1 aliphatic rings. The summed E-state index contributed by atoms with van der Waals surface area (Å²) in [6.45, 7) is 5.85. The van der Waals surface area contributed by atoms with Gasteiger partial charge in [0.25, 0.3) is 0 Å². The maximum atomic E-state index is 12.4. The zero-order valence-electron chi connectivity index (χ0n) is 19.1. The standard InChI is InChI=1S/C25H32N4O3.HI/c1-2-26-25(27-14-8-16-29-15-7-13-23(29)30)28-18-21-11-6-12-22(17-21)24(31)32-19-20-9-4-3-5-10-20;/h3-6,9-12,17H,2,7-8,13-16,18-19H2,1H3,(H2,26,27,28);1H. The number of nitrogens with zero attached hydrogens (tertiary/aromatic N) is 2. The number of carbonyl (C=O) groups is 2. The number of benzene rings is 2. The number of amides is 1. The van der Waals surface area contributed by atoms with Gasteiger partial charge in [-0.05, 0) is 43.0 Å². The van der Waals surface area contributed by atoms with Crippen LogP contribution in [-0.2, 0) is 22.7 Å². The molecule has 0 bridgehead atoms. The van der Waals surface area contributed by atoms with Gasteiger partial charge in [0.15, 0.2) is 5.96 Å². The predicted molar refractivity (Wildman–Crippen MR) is 141 cm³/mol. The Kier molecular flexibility index (Phi) is 11.7. The van der Waals surface area contributed by atoms with Crippen LogP contribution in [0.5, 0.6) is 0 Å². The van der Waals surface area contributed by atoms with Crippen LogP contribution in [0.3, 0.4) is 0 Å². The van der Waals surface area contributed by atoms with Crippen LogP contribution >= 0.6 is 24.0 Å². The minimum atomic E-state index is -0.346. The van der Waals surface area contributed by atoms with Gasteiger partial charge in [-0.2, -0.15) is 0 Å². The number of aliphatic imine (C=N–C) groups is 1. The summed E-state index contributed by atoms with van der Waals surface area (Å²) in [5, 5.41) is 6.55. The Morgan fingerprint density at radius 2 is 1.88 bits per heavy atom. The number of halogens is 1. The molecular formula is C25H33IN4O3. The van der Waals surface area contributed by atoms with Gasteiger partial charge >= 0.3 is 5.97 Å². The lowest BCUT2D eigenvalue weighted by Crippen LogP contribution is -2.39. The van der Waals surface area contributed by atoms with E-state index in [2.05, 4.69) is 15.6 Å². The summed E-state index contributed by atoms with van der Waals surface area (Å²) in [6.07, 6.45) is 2.52. The Bertz CT molecular complexity index is 921. The summed E-state index contributed by atoms with van der Waals surface area (Å²) < 4.78 is 5.42. The van der Waals surface area contributed by atoms with Gasteiger partial charge in [-0.15, -0.1) is 24.0 Å². The number of nitrogens with one attached hydrogen (secondary N) is 2. The van der Waals surface area contributed by atoms with Crippen molar-refractivity contribution in [3.05, 3.63) is 71.3 Å². The molecule has 0 saturated carbocycles. The van der Waals surface area contributed by atoms with Crippen LogP contribution in [0.2, 0.25) is 0 Å². The molecule has 7 nitrogen and oxygen atoms in total. The van der Waals surface area contributed by atoms with E-state index in [0.717, 1.165) is 56.1 Å². The first-order valence-electron chi connectivity index (χ1n) is 11.3. The average molecular weight is 564 g/mol. The second-order valence-corrected chi connectivity index (χ2v) is 7.72. The van der Waals surface area contributed by atoms with Crippen LogP contribution < -0.4 is 10.6 Å². The fourth-order valence-electron chi connectivity index (χ4n) is 3.53. The third-order valence-corrected chi connectivity index (χ3v) is 5.21. The van der Waals surface area contributed by atoms with Gasteiger partial charge in [0.1, 0.15) is 6.61 Å². The van der Waals surface area contributed by atoms with Gasteiger partial charge in [0.2, 0.25) is 5.91 Å². The highest BCUT2D eigenvalue weighted by atomic mass is 127. The van der Waals surface area contributed by atoms with E-state index in [4.69, 9.17) is 4.74 Å². The number of esters is 1. The molecule has 0 spiro atoms. The van der Waals surface area contributed by atoms with Gasteiger partial charge in [-0.25, -0.2) is 9.79 Å². The van der Waals surface area contributed by atoms with Crippen molar-refractivity contribution < 1.29 is 14.3 Å². The summed E-state index contributed by atoms with van der Waals surface area (Å²) in [5.74, 6) is 0.631. The van der Waals surface area contributed by atoms with Crippen LogP contribution in [0.4, 0.5) is 0 Å². The zero-order valence-corrected chi connectivity index (χ0v) is 21.4. The predicted octanol–water partition coefficient (Wildman–Crippen LogP) is 3.73. The van der Waals surface area contributed by atoms with E-state index >= 15 is 0 Å². The van der Waals surface area contributed by atoms with Crippen LogP contribution in [-0.4, -0.2) is 48.9 Å². The Labute approximate surface area is 213 Å². The molecule has 1 saturated heterocycles. The molecule has 0 aliphatic carbocycles. The summed E-state index contributed by atoms with van der Waals surface area (Å²) in [4.78, 5) is 30.6. The topological polar surface area (TPSA) is 83.0 Å². The molecule has 2 aromatic rings. The van der Waals surface area contributed by atoms with Crippen molar-refractivity contribution in [2.24, 2.45) is 4.99 Å². The van der Waals surface area contributed by atoms with Gasteiger partial charge in [0, 0.05) is 32.6 Å². The quantitative estimate of drug-likeness (QED) is 0.151. The second kappa shape index (κ2) is 14.5. The molecular weight excluding hydrogens is 531 g/mol. The highest BCUT2D eigenvalue weighted by Gasteiger charge is 2.18. The maximum Gasteiger partial charge on any atom is 0.338 e. The van der Waals surface area contributed by atoms with Crippen LogP contribution in [0.25, 0.3) is 0 Å². The minimum absolute atomic E-state index is 0. The number of carbonyl (C=O) groups excluding carboxylic acids is 2. The molecule has 1 fully saturated rings. The molecule has 0 aromatic heterocycles. The Morgan fingerprint density at radius 3 is 2.61 bits per heavy atom. The van der Waals surface area contributed by atoms with Crippen LogP contribution in [0, 0.1) is 0 Å². The zero-order chi connectivity index (χ0) is 22.6. The molecule has 33 heavy (non-hydrogen) atoms. The van der Waals surface area contributed by atoms with E-state index in [9.17, 15) is 9.59 Å². The number of likely N-dealkylation sites (tertiary alicyclic amines) is 1. The van der Waals surface area contributed by atoms with Crippen molar-refractivity contribution in [1.82, 2.24) is 15.5 Å². The van der Waals surface area contributed by atoms with E-state index in [-0.39, 0.29) is 42.5 Å². The number of ether oxygens (including phenoxy) is 1. The third kappa shape index (κ3) is 9.03. The summed E-state index contributed by atoms with van der Waals surface area (Å²) in [6, 6.07) is 17.0. The molecule has 1 aliphatic heterocycles. The number of hydrogen-bond donors (Lipinski definition) is 2. The molecule has 1 heterocycles. The lowest BCUT2D eigenvalue weighted by atomic mass is 10.1. The van der Waals surface area contributed by atoms with Crippen LogP contribution in [0.1, 0.15) is 47.7 Å². The molecule has 178 valence electrons. The fraction of sp³-hybridized carbons (Fsp3) is 0.400. The van der Waals surface area contributed by atoms with E-state index in [0.29, 0.717) is 18.5 Å². The van der Waals surface area contributed by atoms with Crippen molar-refractivity contribution in [2.75, 3.05) is 26.2 Å². The summed E-state index contributed by atoms with van der Waals surface area (Å²) >= 11 is 0. The molecule has 2 aromatic carbocycles. The van der Waals surface area contributed by atoms with Gasteiger partial charge in [-0.3, -0.25) is 4.79 Å². The third-order valence-electron chi connectivity index (χ3n) is 5.21. The van der Waals surface area contributed by atoms with E-state index < -0.39 is 0 Å². The van der Waals surface area contributed by atoms with Gasteiger partial charge in [0.05, 0.1) is 12.1 Å². The van der Waals surface area contributed by atoms with Crippen molar-refractivity contribution in [3.63, 3.8) is 0 Å². The highest BCUT2D eigenvalue weighted by molar-refractivity contribution is 14.0. The van der Waals surface area contributed by atoms with Crippen molar-refractivity contribution in [3.8, 4) is 0 Å². The molecule has 0 unspecified atom stereocenters. The molecule has 0 atom stereocenters. The van der Waals surface area contributed by atoms with Crippen molar-refractivity contribution >= 4 is 41.8 Å². The number of hydrogen-bond acceptors (Lipinski definition) is 4. The average Bonchev–Trinajstić information content (AvgIpc) is 3.24. The van der Waals surface area contributed by atoms with Crippen molar-refractivity contribution in [2.45, 2.75) is 39.3 Å². The summed E-state index contributed by atoms with van der Waals surface area (Å²) in [7, 11) is 0. The second-order valence-electron chi connectivity index (χ2n) is 7.72. The Morgan fingerprint density at radius 1 is 1.09 bits per heavy atom. The van der Waals surface area contributed by atoms with E-state index in [1.807, 2.05) is 60.4 Å².